The molecule has 1 fully saturated rings. The molecule has 7 nitrogen and oxygen atoms in total. The highest BCUT2D eigenvalue weighted by Crippen LogP contribution is 2.42. The first kappa shape index (κ1) is 20.6. The lowest BCUT2D eigenvalue weighted by atomic mass is 9.71. The van der Waals surface area contributed by atoms with Gasteiger partial charge < -0.3 is 19.7 Å². The van der Waals surface area contributed by atoms with Gasteiger partial charge in [0.05, 0.1) is 23.1 Å². The molecule has 2 aliphatic rings. The third-order valence-corrected chi connectivity index (χ3v) is 6.19. The van der Waals surface area contributed by atoms with Crippen molar-refractivity contribution in [3.8, 4) is 5.75 Å². The van der Waals surface area contributed by atoms with Gasteiger partial charge in [-0.1, -0.05) is 17.7 Å². The molecule has 158 valence electrons. The molecule has 0 bridgehead atoms. The molecule has 0 radical (unpaired) electrons. The van der Waals surface area contributed by atoms with Crippen LogP contribution in [0.25, 0.3) is 0 Å². The Morgan fingerprint density at radius 2 is 2.20 bits per heavy atom. The molecule has 2 aromatic rings. The molecular formula is C21H20ClFN2O5. The molecule has 1 saturated heterocycles. The normalized spacial score (nSPS) is 22.9. The summed E-state index contributed by atoms with van der Waals surface area (Å²) in [5, 5.41) is 12.9. The molecular weight excluding hydrogens is 415 g/mol. The second-order valence-electron chi connectivity index (χ2n) is 7.86. The fraction of sp³-hybridized carbons (Fsp3) is 0.381. The summed E-state index contributed by atoms with van der Waals surface area (Å²) in [5.74, 6) is -2.40. The lowest BCUT2D eigenvalue weighted by Crippen LogP contribution is -2.52. The average molecular weight is 435 g/mol. The minimum atomic E-state index is -0.914. The van der Waals surface area contributed by atoms with Gasteiger partial charge in [0.25, 0.3) is 5.91 Å². The summed E-state index contributed by atoms with van der Waals surface area (Å²) in [6.45, 7) is 2.56. The number of hydrogen-bond acceptors (Lipinski definition) is 5. The highest BCUT2D eigenvalue weighted by molar-refractivity contribution is 6.30. The van der Waals surface area contributed by atoms with E-state index in [1.165, 1.54) is 29.0 Å². The molecule has 30 heavy (non-hydrogen) atoms. The number of amides is 1. The van der Waals surface area contributed by atoms with Crippen molar-refractivity contribution in [3.05, 3.63) is 62.3 Å². The van der Waals surface area contributed by atoms with Crippen LogP contribution in [0.5, 0.6) is 5.75 Å². The predicted octanol–water partition coefficient (Wildman–Crippen LogP) is 2.66. The minimum Gasteiger partial charge on any atom is -0.503 e. The number of aromatic nitrogens is 1. The van der Waals surface area contributed by atoms with E-state index in [9.17, 15) is 23.9 Å². The number of Topliss-reactive ketones (excluding diaryl/α,β-unsaturated/α-hetero) is 1. The maximum absolute atomic E-state index is 13.3. The Morgan fingerprint density at radius 1 is 1.43 bits per heavy atom. The van der Waals surface area contributed by atoms with Crippen molar-refractivity contribution in [2.45, 2.75) is 39.0 Å². The first-order chi connectivity index (χ1) is 14.2. The Morgan fingerprint density at radius 3 is 2.93 bits per heavy atom. The largest absolute Gasteiger partial charge is 0.503 e. The van der Waals surface area contributed by atoms with Crippen molar-refractivity contribution in [1.29, 1.82) is 0 Å². The van der Waals surface area contributed by atoms with Gasteiger partial charge in [-0.25, -0.2) is 4.39 Å². The molecule has 1 amide bonds. The summed E-state index contributed by atoms with van der Waals surface area (Å²) in [6.07, 6.45) is 2.20. The Hall–Kier alpha value is -2.71. The summed E-state index contributed by atoms with van der Waals surface area (Å²) in [7, 11) is 0. The number of rotatable bonds is 3. The molecule has 0 unspecified atom stereocenters. The monoisotopic (exact) mass is 434 g/mol. The van der Waals surface area contributed by atoms with Crippen LogP contribution in [-0.2, 0) is 17.8 Å². The zero-order valence-electron chi connectivity index (χ0n) is 16.2. The number of hydrogen-bond donors (Lipinski definition) is 2. The predicted molar refractivity (Wildman–Crippen MR) is 106 cm³/mol. The van der Waals surface area contributed by atoms with E-state index in [0.717, 1.165) is 6.42 Å². The van der Waals surface area contributed by atoms with Gasteiger partial charge in [-0.3, -0.25) is 14.4 Å². The third kappa shape index (κ3) is 3.30. The van der Waals surface area contributed by atoms with Crippen LogP contribution in [0.2, 0.25) is 5.02 Å². The molecule has 0 spiro atoms. The maximum atomic E-state index is 13.3. The molecule has 1 aromatic heterocycles. The molecule has 2 N–H and O–H groups in total. The second-order valence-corrected chi connectivity index (χ2v) is 8.27. The number of benzene rings is 1. The minimum absolute atomic E-state index is 0.00350. The van der Waals surface area contributed by atoms with Gasteiger partial charge in [-0.2, -0.15) is 0 Å². The van der Waals surface area contributed by atoms with E-state index >= 15 is 0 Å². The number of carbonyl (C=O) groups is 2. The van der Waals surface area contributed by atoms with Gasteiger partial charge >= 0.3 is 0 Å². The molecule has 4 rings (SSSR count). The van der Waals surface area contributed by atoms with Gasteiger partial charge in [-0.15, -0.1) is 0 Å². The molecule has 2 aliphatic heterocycles. The maximum Gasteiger partial charge on any atom is 0.257 e. The number of nitrogens with one attached hydrogen (secondary N) is 1. The fourth-order valence-corrected chi connectivity index (χ4v) is 4.30. The summed E-state index contributed by atoms with van der Waals surface area (Å²) in [4.78, 5) is 38.3. The smallest absolute Gasteiger partial charge is 0.257 e. The van der Waals surface area contributed by atoms with Crippen molar-refractivity contribution >= 4 is 23.3 Å². The fourth-order valence-electron chi connectivity index (χ4n) is 4.09. The van der Waals surface area contributed by atoms with Crippen LogP contribution in [0.3, 0.4) is 0 Å². The standard InChI is InChI=1S/C21H20ClFN2O5/c1-21-5-2-6-30-15(21)10-25-9-12(17(26)18(27)16(25)19(21)28)20(29)24-8-11-3-4-14(23)13(22)7-11/h3-4,7,9,15,27H,2,5-6,8,10H2,1H3,(H,24,29)/t15-,21-/m1/s1. The highest BCUT2D eigenvalue weighted by atomic mass is 35.5. The summed E-state index contributed by atoms with van der Waals surface area (Å²) >= 11 is 5.73. The van der Waals surface area contributed by atoms with E-state index in [1.807, 2.05) is 0 Å². The Labute approximate surface area is 176 Å². The van der Waals surface area contributed by atoms with Crippen LogP contribution in [0.15, 0.2) is 29.2 Å². The summed E-state index contributed by atoms with van der Waals surface area (Å²) in [5.41, 5.74) is -1.57. The highest BCUT2D eigenvalue weighted by Gasteiger charge is 2.49. The molecule has 3 heterocycles. The van der Waals surface area contributed by atoms with Gasteiger partial charge in [0, 0.05) is 19.3 Å². The number of pyridine rings is 1. The van der Waals surface area contributed by atoms with E-state index in [1.54, 1.807) is 6.92 Å². The van der Waals surface area contributed by atoms with E-state index < -0.39 is 34.4 Å². The molecule has 0 saturated carbocycles. The lowest BCUT2D eigenvalue weighted by molar-refractivity contribution is -0.0740. The van der Waals surface area contributed by atoms with Crippen LogP contribution in [0.4, 0.5) is 4.39 Å². The van der Waals surface area contributed by atoms with E-state index in [-0.39, 0.29) is 35.2 Å². The van der Waals surface area contributed by atoms with Crippen LogP contribution in [-0.4, -0.2) is 34.1 Å². The Bertz CT molecular complexity index is 1120. The number of nitrogens with zero attached hydrogens (tertiary/aromatic N) is 1. The Balaban J connectivity index is 1.63. The van der Waals surface area contributed by atoms with Crippen molar-refractivity contribution < 1.29 is 23.8 Å². The van der Waals surface area contributed by atoms with Crippen LogP contribution in [0, 0.1) is 11.2 Å². The molecule has 9 heteroatoms. The number of ether oxygens (including phenoxy) is 1. The summed E-state index contributed by atoms with van der Waals surface area (Å²) in [6, 6.07) is 4.00. The number of ketones is 1. The van der Waals surface area contributed by atoms with E-state index in [0.29, 0.717) is 18.6 Å². The van der Waals surface area contributed by atoms with Crippen molar-refractivity contribution in [2.24, 2.45) is 5.41 Å². The van der Waals surface area contributed by atoms with E-state index in [4.69, 9.17) is 16.3 Å². The van der Waals surface area contributed by atoms with Crippen molar-refractivity contribution in [3.63, 3.8) is 0 Å². The number of fused-ring (bicyclic) bond motifs is 2. The van der Waals surface area contributed by atoms with E-state index in [2.05, 4.69) is 5.32 Å². The average Bonchev–Trinajstić information content (AvgIpc) is 2.72. The number of carbonyl (C=O) groups excluding carboxylic acids is 2. The number of aromatic hydroxyl groups is 1. The number of halogens is 2. The van der Waals surface area contributed by atoms with Gasteiger partial charge in [0.1, 0.15) is 17.1 Å². The molecule has 0 aliphatic carbocycles. The van der Waals surface area contributed by atoms with Crippen molar-refractivity contribution in [1.82, 2.24) is 9.88 Å². The van der Waals surface area contributed by atoms with Gasteiger partial charge in [0.2, 0.25) is 5.43 Å². The van der Waals surface area contributed by atoms with Crippen LogP contribution < -0.4 is 10.7 Å². The molecule has 1 aromatic carbocycles. The zero-order valence-corrected chi connectivity index (χ0v) is 17.0. The van der Waals surface area contributed by atoms with Crippen molar-refractivity contribution in [2.75, 3.05) is 6.61 Å². The second kappa shape index (κ2) is 7.52. The van der Waals surface area contributed by atoms with Crippen LogP contribution in [0.1, 0.15) is 46.2 Å². The SMILES string of the molecule is C[C@@]12CCCO[C@@H]1Cn1cc(C(=O)NCc3ccc(F)c(Cl)c3)c(=O)c(O)c1C2=O. The third-order valence-electron chi connectivity index (χ3n) is 5.90. The lowest BCUT2D eigenvalue weighted by Gasteiger charge is -2.44. The first-order valence-corrected chi connectivity index (χ1v) is 9.95. The topological polar surface area (TPSA) is 97.6 Å². The molecule has 2 atom stereocenters. The summed E-state index contributed by atoms with van der Waals surface area (Å²) < 4.78 is 20.4. The van der Waals surface area contributed by atoms with Crippen LogP contribution >= 0.6 is 11.6 Å². The quantitative estimate of drug-likeness (QED) is 0.774. The zero-order chi connectivity index (χ0) is 21.6. The van der Waals surface area contributed by atoms with Gasteiger partial charge in [0.15, 0.2) is 11.5 Å². The first-order valence-electron chi connectivity index (χ1n) is 9.57. The van der Waals surface area contributed by atoms with Gasteiger partial charge in [-0.05, 0) is 37.5 Å². The Kier molecular flexibility index (Phi) is 5.15.